The van der Waals surface area contributed by atoms with Gasteiger partial charge >= 0.3 is 12.1 Å². The first-order valence-electron chi connectivity index (χ1n) is 7.66. The van der Waals surface area contributed by atoms with Crippen LogP contribution in [0, 0.1) is 6.92 Å². The number of carbonyl (C=O) groups is 2. The molecule has 0 aliphatic carbocycles. The molecule has 0 unspecified atom stereocenters. The van der Waals surface area contributed by atoms with Crippen LogP contribution in [0.2, 0.25) is 5.02 Å². The molecule has 2 N–H and O–H groups in total. The third kappa shape index (κ3) is 6.18. The third-order valence-electron chi connectivity index (χ3n) is 3.40. The van der Waals surface area contributed by atoms with E-state index in [1.165, 1.54) is 31.2 Å². The van der Waals surface area contributed by atoms with Crippen molar-refractivity contribution >= 4 is 29.2 Å². The van der Waals surface area contributed by atoms with Gasteiger partial charge in [0, 0.05) is 11.1 Å². The molecule has 0 saturated carbocycles. The molecule has 2 rings (SSSR count). The van der Waals surface area contributed by atoms with Crippen LogP contribution in [0.4, 0.5) is 18.9 Å². The lowest BCUT2D eigenvalue weighted by atomic mass is 10.0. The molecule has 27 heavy (non-hydrogen) atoms. The van der Waals surface area contributed by atoms with Gasteiger partial charge in [-0.2, -0.15) is 13.2 Å². The zero-order valence-electron chi connectivity index (χ0n) is 14.1. The standard InChI is InChI=1S/C18H15ClF3NO4/c1-10-4-11(6-12(5-10)18(20,21)22)7-16(24)23-14-3-2-13(19)8-15(14)27-9-17(25)26/h2-6,8H,7,9H2,1H3,(H,23,24)(H,25,26). The van der Waals surface area contributed by atoms with Gasteiger partial charge in [0.2, 0.25) is 5.91 Å². The quantitative estimate of drug-likeness (QED) is 0.756. The average Bonchev–Trinajstić information content (AvgIpc) is 2.53. The van der Waals surface area contributed by atoms with Crippen molar-refractivity contribution < 1.29 is 32.6 Å². The van der Waals surface area contributed by atoms with E-state index in [0.29, 0.717) is 5.56 Å². The highest BCUT2D eigenvalue weighted by Crippen LogP contribution is 2.31. The summed E-state index contributed by atoms with van der Waals surface area (Å²) in [5, 5.41) is 11.4. The summed E-state index contributed by atoms with van der Waals surface area (Å²) in [7, 11) is 0. The van der Waals surface area contributed by atoms with Crippen LogP contribution in [-0.2, 0) is 22.2 Å². The van der Waals surface area contributed by atoms with E-state index < -0.39 is 30.2 Å². The lowest BCUT2D eigenvalue weighted by Gasteiger charge is -2.13. The smallest absolute Gasteiger partial charge is 0.416 e. The number of alkyl halides is 3. The fourth-order valence-corrected chi connectivity index (χ4v) is 2.53. The Bertz CT molecular complexity index is 868. The zero-order valence-corrected chi connectivity index (χ0v) is 14.8. The van der Waals surface area contributed by atoms with Crippen molar-refractivity contribution in [2.75, 3.05) is 11.9 Å². The Morgan fingerprint density at radius 1 is 1.19 bits per heavy atom. The van der Waals surface area contributed by atoms with Gasteiger partial charge in [-0.25, -0.2) is 4.79 Å². The number of carboxylic acid groups (broad SMARTS) is 1. The Labute approximate surface area is 157 Å². The van der Waals surface area contributed by atoms with Gasteiger partial charge in [0.05, 0.1) is 17.7 Å². The summed E-state index contributed by atoms with van der Waals surface area (Å²) >= 11 is 5.83. The number of hydrogen-bond acceptors (Lipinski definition) is 3. The molecule has 0 radical (unpaired) electrons. The topological polar surface area (TPSA) is 75.6 Å². The molecule has 2 aromatic carbocycles. The minimum Gasteiger partial charge on any atom is -0.480 e. The van der Waals surface area contributed by atoms with E-state index in [4.69, 9.17) is 21.4 Å². The highest BCUT2D eigenvalue weighted by atomic mass is 35.5. The first kappa shape index (κ1) is 20.6. The van der Waals surface area contributed by atoms with E-state index in [0.717, 1.165) is 12.1 Å². The second kappa shape index (κ2) is 8.30. The number of carboxylic acids is 1. The monoisotopic (exact) mass is 401 g/mol. The summed E-state index contributed by atoms with van der Waals surface area (Å²) in [5.74, 6) is -1.76. The van der Waals surface area contributed by atoms with Crippen LogP contribution in [-0.4, -0.2) is 23.6 Å². The van der Waals surface area contributed by atoms with Crippen LogP contribution in [0.25, 0.3) is 0 Å². The van der Waals surface area contributed by atoms with Gasteiger partial charge in [-0.1, -0.05) is 23.2 Å². The number of aryl methyl sites for hydroxylation is 1. The number of benzene rings is 2. The van der Waals surface area contributed by atoms with E-state index >= 15 is 0 Å². The lowest BCUT2D eigenvalue weighted by Crippen LogP contribution is -2.17. The third-order valence-corrected chi connectivity index (χ3v) is 3.63. The Hall–Kier alpha value is -2.74. The molecule has 0 bridgehead atoms. The van der Waals surface area contributed by atoms with Crippen molar-refractivity contribution in [3.8, 4) is 5.75 Å². The van der Waals surface area contributed by atoms with Crippen LogP contribution >= 0.6 is 11.6 Å². The molecule has 0 heterocycles. The summed E-state index contributed by atoms with van der Waals surface area (Å²) in [4.78, 5) is 22.9. The number of hydrogen-bond donors (Lipinski definition) is 2. The molecule has 2 aromatic rings. The van der Waals surface area contributed by atoms with Crippen LogP contribution in [0.5, 0.6) is 5.75 Å². The summed E-state index contributed by atoms with van der Waals surface area (Å²) in [6.45, 7) is 0.865. The second-order valence-corrected chi connectivity index (χ2v) is 6.19. The molecule has 0 atom stereocenters. The summed E-state index contributed by atoms with van der Waals surface area (Å²) in [6, 6.07) is 7.59. The Kier molecular flexibility index (Phi) is 6.32. The first-order valence-corrected chi connectivity index (χ1v) is 8.04. The van der Waals surface area contributed by atoms with Crippen molar-refractivity contribution in [2.45, 2.75) is 19.5 Å². The van der Waals surface area contributed by atoms with E-state index in [1.54, 1.807) is 0 Å². The van der Waals surface area contributed by atoms with Gasteiger partial charge < -0.3 is 15.2 Å². The number of aliphatic carboxylic acids is 1. The molecule has 5 nitrogen and oxygen atoms in total. The van der Waals surface area contributed by atoms with Gasteiger partial charge in [-0.05, 0) is 36.8 Å². The molecular formula is C18H15ClF3NO4. The fourth-order valence-electron chi connectivity index (χ4n) is 2.37. The van der Waals surface area contributed by atoms with E-state index in [1.807, 2.05) is 0 Å². The van der Waals surface area contributed by atoms with Crippen molar-refractivity contribution in [2.24, 2.45) is 0 Å². The molecule has 0 fully saturated rings. The maximum atomic E-state index is 12.9. The average molecular weight is 402 g/mol. The second-order valence-electron chi connectivity index (χ2n) is 5.75. The minimum absolute atomic E-state index is 0.0403. The fraction of sp³-hybridized carbons (Fsp3) is 0.222. The van der Waals surface area contributed by atoms with E-state index in [-0.39, 0.29) is 28.4 Å². The van der Waals surface area contributed by atoms with Crippen molar-refractivity contribution in [3.63, 3.8) is 0 Å². The van der Waals surface area contributed by atoms with Crippen LogP contribution in [0.1, 0.15) is 16.7 Å². The number of amides is 1. The first-order chi connectivity index (χ1) is 12.5. The van der Waals surface area contributed by atoms with Crippen LogP contribution in [0.15, 0.2) is 36.4 Å². The Morgan fingerprint density at radius 3 is 2.52 bits per heavy atom. The molecule has 0 aromatic heterocycles. The Morgan fingerprint density at radius 2 is 1.89 bits per heavy atom. The van der Waals surface area contributed by atoms with Gasteiger partial charge in [-0.15, -0.1) is 0 Å². The minimum atomic E-state index is -4.51. The number of nitrogens with one attached hydrogen (secondary N) is 1. The van der Waals surface area contributed by atoms with Crippen molar-refractivity contribution in [3.05, 3.63) is 58.1 Å². The normalized spacial score (nSPS) is 11.1. The van der Waals surface area contributed by atoms with Crippen LogP contribution < -0.4 is 10.1 Å². The lowest BCUT2D eigenvalue weighted by molar-refractivity contribution is -0.139. The molecule has 1 amide bonds. The maximum Gasteiger partial charge on any atom is 0.416 e. The van der Waals surface area contributed by atoms with Gasteiger partial charge in [0.15, 0.2) is 6.61 Å². The highest BCUT2D eigenvalue weighted by Gasteiger charge is 2.31. The number of halogens is 4. The summed E-state index contributed by atoms with van der Waals surface area (Å²) < 4.78 is 43.8. The highest BCUT2D eigenvalue weighted by molar-refractivity contribution is 6.30. The largest absolute Gasteiger partial charge is 0.480 e. The molecule has 0 aliphatic rings. The van der Waals surface area contributed by atoms with E-state index in [2.05, 4.69) is 5.32 Å². The maximum absolute atomic E-state index is 12.9. The Balaban J connectivity index is 2.17. The summed E-state index contributed by atoms with van der Waals surface area (Å²) in [5.41, 5.74) is -0.0944. The molecule has 0 spiro atoms. The molecular weight excluding hydrogens is 387 g/mol. The SMILES string of the molecule is Cc1cc(CC(=O)Nc2ccc(Cl)cc2OCC(=O)O)cc(C(F)(F)F)c1. The van der Waals surface area contributed by atoms with Gasteiger partial charge in [0.1, 0.15) is 5.75 Å². The molecule has 0 aliphatic heterocycles. The zero-order chi connectivity index (χ0) is 20.2. The molecule has 144 valence electrons. The van der Waals surface area contributed by atoms with Gasteiger partial charge in [0.25, 0.3) is 0 Å². The predicted molar refractivity (Wildman–Crippen MR) is 93.1 cm³/mol. The summed E-state index contributed by atoms with van der Waals surface area (Å²) in [6.07, 6.45) is -4.81. The molecule has 0 saturated heterocycles. The predicted octanol–water partition coefficient (Wildman–Crippen LogP) is 4.31. The number of anilines is 1. The number of rotatable bonds is 6. The number of carbonyl (C=O) groups excluding carboxylic acids is 1. The molecule has 9 heteroatoms. The van der Waals surface area contributed by atoms with Crippen molar-refractivity contribution in [1.82, 2.24) is 0 Å². The van der Waals surface area contributed by atoms with E-state index in [9.17, 15) is 22.8 Å². The van der Waals surface area contributed by atoms with Crippen LogP contribution in [0.3, 0.4) is 0 Å². The number of ether oxygens (including phenoxy) is 1. The van der Waals surface area contributed by atoms with Gasteiger partial charge in [-0.3, -0.25) is 4.79 Å². The van der Waals surface area contributed by atoms with Crippen molar-refractivity contribution in [1.29, 1.82) is 0 Å².